The highest BCUT2D eigenvalue weighted by Gasteiger charge is 2.32. The van der Waals surface area contributed by atoms with Crippen molar-refractivity contribution in [1.29, 1.82) is 0 Å². The molecule has 3 N–H and O–H groups in total. The summed E-state index contributed by atoms with van der Waals surface area (Å²) in [5.41, 5.74) is 0. The quantitative estimate of drug-likeness (QED) is 0.382. The Labute approximate surface area is 88.0 Å². The third kappa shape index (κ3) is 5.40. The first-order valence-electron chi connectivity index (χ1n) is 4.48. The van der Waals surface area contributed by atoms with E-state index in [2.05, 4.69) is 0 Å². The van der Waals surface area contributed by atoms with E-state index in [9.17, 15) is 18.6 Å². The second-order valence-electron chi connectivity index (χ2n) is 3.60. The first kappa shape index (κ1) is 12.8. The van der Waals surface area contributed by atoms with Crippen LogP contribution in [0.3, 0.4) is 0 Å². The largest absolute Gasteiger partial charge is 0.379 e. The summed E-state index contributed by atoms with van der Waals surface area (Å²) in [4.78, 5) is 1.66. The lowest BCUT2D eigenvalue weighted by Crippen LogP contribution is -2.50. The maximum atomic E-state index is 10.5. The van der Waals surface area contributed by atoms with E-state index < -0.39 is 21.7 Å². The van der Waals surface area contributed by atoms with E-state index in [-0.39, 0.29) is 6.54 Å². The number of β-amino-alcohol motifs (C(OH)–C–C–N with tert-alkyl or cyclic N) is 2. The molecule has 0 atom stereocenters. The third-order valence-electron chi connectivity index (χ3n) is 1.99. The van der Waals surface area contributed by atoms with Gasteiger partial charge in [0.05, 0.1) is 19.8 Å². The van der Waals surface area contributed by atoms with E-state index in [1.165, 1.54) is 0 Å². The van der Waals surface area contributed by atoms with Crippen LogP contribution >= 0.6 is 0 Å². The zero-order chi connectivity index (χ0) is 11.5. The van der Waals surface area contributed by atoms with Crippen molar-refractivity contribution in [3.05, 3.63) is 0 Å². The molecule has 1 heterocycles. The van der Waals surface area contributed by atoms with Crippen molar-refractivity contribution >= 4 is 10.1 Å². The molecule has 0 spiro atoms. The number of hydrogen-bond acceptors (Lipinski definition) is 6. The summed E-state index contributed by atoms with van der Waals surface area (Å²) in [6.07, 6.45) is 0. The molecule has 1 aliphatic heterocycles. The first-order valence-corrected chi connectivity index (χ1v) is 6.09. The van der Waals surface area contributed by atoms with Gasteiger partial charge < -0.3 is 14.9 Å². The van der Waals surface area contributed by atoms with Gasteiger partial charge in [0.25, 0.3) is 10.1 Å². The zero-order valence-corrected chi connectivity index (χ0v) is 8.98. The minimum absolute atomic E-state index is 0.226. The molecule has 0 saturated carbocycles. The Balaban J connectivity index is 2.47. The van der Waals surface area contributed by atoms with E-state index in [4.69, 9.17) is 9.29 Å². The number of nitrogens with zero attached hydrogens (tertiary/aromatic N) is 1. The number of rotatable bonds is 4. The highest BCUT2D eigenvalue weighted by Crippen LogP contribution is 2.08. The van der Waals surface area contributed by atoms with Crippen LogP contribution in [0.4, 0.5) is 0 Å². The van der Waals surface area contributed by atoms with E-state index in [1.54, 1.807) is 4.90 Å². The second kappa shape index (κ2) is 4.73. The van der Waals surface area contributed by atoms with Crippen molar-refractivity contribution in [2.75, 3.05) is 38.6 Å². The fourth-order valence-electron chi connectivity index (χ4n) is 1.46. The molecule has 0 amide bonds. The fourth-order valence-corrected chi connectivity index (χ4v) is 2.13. The van der Waals surface area contributed by atoms with Gasteiger partial charge in [-0.3, -0.25) is 9.45 Å². The van der Waals surface area contributed by atoms with Crippen LogP contribution in [-0.2, 0) is 14.9 Å². The number of ether oxygens (including phenoxy) is 1. The molecule has 8 heteroatoms. The van der Waals surface area contributed by atoms with E-state index in [0.29, 0.717) is 26.3 Å². The summed E-state index contributed by atoms with van der Waals surface area (Å²) in [7, 11) is -4.39. The monoisotopic (exact) mass is 241 g/mol. The van der Waals surface area contributed by atoms with Gasteiger partial charge in [0, 0.05) is 13.1 Å². The van der Waals surface area contributed by atoms with Gasteiger partial charge in [-0.15, -0.1) is 0 Å². The van der Waals surface area contributed by atoms with Crippen LogP contribution in [0.25, 0.3) is 0 Å². The summed E-state index contributed by atoms with van der Waals surface area (Å²) in [6, 6.07) is 0. The van der Waals surface area contributed by atoms with Gasteiger partial charge >= 0.3 is 0 Å². The van der Waals surface area contributed by atoms with Crippen LogP contribution < -0.4 is 0 Å². The molecule has 0 aliphatic carbocycles. The number of morpholine rings is 1. The lowest BCUT2D eigenvalue weighted by Gasteiger charge is -2.31. The summed E-state index contributed by atoms with van der Waals surface area (Å²) >= 11 is 0. The van der Waals surface area contributed by atoms with Crippen LogP contribution in [0, 0.1) is 0 Å². The Morgan fingerprint density at radius 3 is 2.27 bits per heavy atom. The topological polar surface area (TPSA) is 107 Å². The Bertz CT molecular complexity index is 295. The van der Waals surface area contributed by atoms with Crippen molar-refractivity contribution in [3.8, 4) is 0 Å². The molecule has 90 valence electrons. The van der Waals surface area contributed by atoms with Crippen LogP contribution in [0.5, 0.6) is 0 Å². The molecule has 15 heavy (non-hydrogen) atoms. The number of aliphatic hydroxyl groups is 2. The summed E-state index contributed by atoms with van der Waals surface area (Å²) in [5, 5.41) is 18.7. The van der Waals surface area contributed by atoms with Gasteiger partial charge in [0.2, 0.25) is 0 Å². The summed E-state index contributed by atoms with van der Waals surface area (Å²) in [5.74, 6) is -3.51. The highest BCUT2D eigenvalue weighted by atomic mass is 32.2. The van der Waals surface area contributed by atoms with Crippen LogP contribution in [0.15, 0.2) is 0 Å². The van der Waals surface area contributed by atoms with Crippen LogP contribution in [-0.4, -0.2) is 72.5 Å². The van der Waals surface area contributed by atoms with Crippen molar-refractivity contribution in [3.63, 3.8) is 0 Å². The molecular formula is C7H15NO6S. The SMILES string of the molecule is O=S(=O)(O)CC(O)(O)CN1CCOCC1. The molecule has 7 nitrogen and oxygen atoms in total. The van der Waals surface area contributed by atoms with Gasteiger partial charge in [-0.05, 0) is 0 Å². The maximum Gasteiger partial charge on any atom is 0.270 e. The zero-order valence-electron chi connectivity index (χ0n) is 8.16. The van der Waals surface area contributed by atoms with Gasteiger partial charge in [0.15, 0.2) is 5.79 Å². The van der Waals surface area contributed by atoms with Gasteiger partial charge in [-0.2, -0.15) is 8.42 Å². The van der Waals surface area contributed by atoms with Gasteiger partial charge in [-0.25, -0.2) is 0 Å². The molecule has 0 aromatic heterocycles. The van der Waals surface area contributed by atoms with Crippen molar-refractivity contribution in [2.24, 2.45) is 0 Å². The van der Waals surface area contributed by atoms with Gasteiger partial charge in [0.1, 0.15) is 5.75 Å². The highest BCUT2D eigenvalue weighted by molar-refractivity contribution is 7.85. The predicted octanol–water partition coefficient (Wildman–Crippen LogP) is -2.11. The fraction of sp³-hybridized carbons (Fsp3) is 1.00. The Hall–Kier alpha value is -0.250. The maximum absolute atomic E-state index is 10.5. The minimum atomic E-state index is -4.39. The standard InChI is InChI=1S/C7H15NO6S/c9-7(10,6-15(11,12)13)5-8-1-3-14-4-2-8/h9-10H,1-6H2,(H,11,12,13). The molecule has 0 radical (unpaired) electrons. The normalized spacial score (nSPS) is 20.5. The lowest BCUT2D eigenvalue weighted by atomic mass is 10.3. The molecule has 1 rings (SSSR count). The molecule has 0 bridgehead atoms. The summed E-state index contributed by atoms with van der Waals surface area (Å²) in [6.45, 7) is 1.74. The second-order valence-corrected chi connectivity index (χ2v) is 5.05. The van der Waals surface area contributed by atoms with E-state index in [1.807, 2.05) is 0 Å². The molecule has 0 aromatic carbocycles. The number of hydrogen-bond donors (Lipinski definition) is 3. The molecule has 1 aliphatic rings. The summed E-state index contributed by atoms with van der Waals surface area (Å²) < 4.78 is 34.5. The average molecular weight is 241 g/mol. The van der Waals surface area contributed by atoms with E-state index >= 15 is 0 Å². The Kier molecular flexibility index (Phi) is 4.04. The van der Waals surface area contributed by atoms with Crippen LogP contribution in [0.1, 0.15) is 0 Å². The lowest BCUT2D eigenvalue weighted by molar-refractivity contribution is -0.162. The molecule has 1 saturated heterocycles. The molecule has 1 fully saturated rings. The molecule has 0 aromatic rings. The molecule has 0 unspecified atom stereocenters. The smallest absolute Gasteiger partial charge is 0.270 e. The molecular weight excluding hydrogens is 226 g/mol. The predicted molar refractivity (Wildman–Crippen MR) is 50.8 cm³/mol. The van der Waals surface area contributed by atoms with Crippen molar-refractivity contribution < 1.29 is 27.9 Å². The first-order chi connectivity index (χ1) is 6.79. The minimum Gasteiger partial charge on any atom is -0.379 e. The Morgan fingerprint density at radius 2 is 1.80 bits per heavy atom. The van der Waals surface area contributed by atoms with Crippen LogP contribution in [0.2, 0.25) is 0 Å². The van der Waals surface area contributed by atoms with Crippen molar-refractivity contribution in [2.45, 2.75) is 5.79 Å². The van der Waals surface area contributed by atoms with Crippen molar-refractivity contribution in [1.82, 2.24) is 4.90 Å². The van der Waals surface area contributed by atoms with Gasteiger partial charge in [-0.1, -0.05) is 0 Å². The average Bonchev–Trinajstić information content (AvgIpc) is 1.99. The third-order valence-corrected chi connectivity index (χ3v) is 2.82. The Morgan fingerprint density at radius 1 is 1.27 bits per heavy atom. The van der Waals surface area contributed by atoms with E-state index in [0.717, 1.165) is 0 Å².